The van der Waals surface area contributed by atoms with Crippen LogP contribution in [0.1, 0.15) is 50.6 Å². The first-order chi connectivity index (χ1) is 14.1. The van der Waals surface area contributed by atoms with Crippen LogP contribution in [0.25, 0.3) is 11.6 Å². The van der Waals surface area contributed by atoms with Gasteiger partial charge in [-0.1, -0.05) is 43.2 Å². The molecule has 1 amide bonds. The van der Waals surface area contributed by atoms with Crippen LogP contribution in [0.15, 0.2) is 52.2 Å². The molecule has 0 saturated heterocycles. The van der Waals surface area contributed by atoms with Gasteiger partial charge in [0.1, 0.15) is 0 Å². The average Bonchev–Trinajstić information content (AvgIpc) is 3.38. The van der Waals surface area contributed by atoms with Gasteiger partial charge in [-0.15, -0.1) is 10.2 Å². The van der Waals surface area contributed by atoms with Crippen molar-refractivity contribution in [1.82, 2.24) is 14.8 Å². The summed E-state index contributed by atoms with van der Waals surface area (Å²) < 4.78 is 7.77. The molecule has 1 fully saturated rings. The van der Waals surface area contributed by atoms with E-state index >= 15 is 0 Å². The lowest BCUT2D eigenvalue weighted by Crippen LogP contribution is -2.23. The van der Waals surface area contributed by atoms with Crippen molar-refractivity contribution in [1.29, 1.82) is 0 Å². The van der Waals surface area contributed by atoms with Crippen LogP contribution in [-0.2, 0) is 4.79 Å². The van der Waals surface area contributed by atoms with E-state index in [0.717, 1.165) is 35.1 Å². The second-order valence-electron chi connectivity index (χ2n) is 7.56. The van der Waals surface area contributed by atoms with Gasteiger partial charge in [0.15, 0.2) is 10.9 Å². The number of hydrogen-bond donors (Lipinski definition) is 1. The first-order valence-corrected chi connectivity index (χ1v) is 11.0. The summed E-state index contributed by atoms with van der Waals surface area (Å²) in [6, 6.07) is 11.9. The molecule has 1 saturated carbocycles. The van der Waals surface area contributed by atoms with Crippen LogP contribution in [0, 0.1) is 6.92 Å². The van der Waals surface area contributed by atoms with Gasteiger partial charge in [0, 0.05) is 11.7 Å². The molecule has 152 valence electrons. The summed E-state index contributed by atoms with van der Waals surface area (Å²) in [6.07, 6.45) is 7.53. The number of furan rings is 1. The highest BCUT2D eigenvalue weighted by Crippen LogP contribution is 2.36. The zero-order chi connectivity index (χ0) is 20.2. The number of hydrogen-bond acceptors (Lipinski definition) is 5. The van der Waals surface area contributed by atoms with Gasteiger partial charge < -0.3 is 9.73 Å². The highest BCUT2D eigenvalue weighted by Gasteiger charge is 2.27. The van der Waals surface area contributed by atoms with Crippen molar-refractivity contribution < 1.29 is 9.21 Å². The molecular formula is C22H26N4O2S. The minimum Gasteiger partial charge on any atom is -0.461 e. The highest BCUT2D eigenvalue weighted by atomic mass is 32.2. The Morgan fingerprint density at radius 3 is 2.76 bits per heavy atom. The lowest BCUT2D eigenvalue weighted by Gasteiger charge is -2.25. The van der Waals surface area contributed by atoms with Gasteiger partial charge in [-0.3, -0.25) is 9.36 Å². The Balaban J connectivity index is 1.55. The van der Waals surface area contributed by atoms with E-state index in [0.29, 0.717) is 11.8 Å². The zero-order valence-corrected chi connectivity index (χ0v) is 17.6. The predicted molar refractivity (Wildman–Crippen MR) is 115 cm³/mol. The van der Waals surface area contributed by atoms with E-state index < -0.39 is 0 Å². The zero-order valence-electron chi connectivity index (χ0n) is 16.8. The normalized spacial score (nSPS) is 15.9. The Morgan fingerprint density at radius 1 is 1.21 bits per heavy atom. The van der Waals surface area contributed by atoms with Gasteiger partial charge in [0.2, 0.25) is 11.7 Å². The molecule has 0 bridgehead atoms. The summed E-state index contributed by atoms with van der Waals surface area (Å²) in [6.45, 7) is 3.92. The molecule has 3 aromatic rings. The lowest BCUT2D eigenvalue weighted by atomic mass is 9.95. The van der Waals surface area contributed by atoms with E-state index in [1.165, 1.54) is 31.0 Å². The Labute approximate surface area is 175 Å². The number of thioether (sulfide) groups is 1. The van der Waals surface area contributed by atoms with Gasteiger partial charge in [-0.05, 0) is 56.5 Å². The van der Waals surface area contributed by atoms with Crippen molar-refractivity contribution >= 4 is 23.4 Å². The fourth-order valence-corrected chi connectivity index (χ4v) is 4.70. The van der Waals surface area contributed by atoms with Crippen LogP contribution in [-0.4, -0.2) is 25.9 Å². The quantitative estimate of drug-likeness (QED) is 0.546. The van der Waals surface area contributed by atoms with E-state index in [-0.39, 0.29) is 11.2 Å². The number of carbonyl (C=O) groups is 1. The topological polar surface area (TPSA) is 73.0 Å². The second kappa shape index (κ2) is 8.86. The van der Waals surface area contributed by atoms with E-state index in [4.69, 9.17) is 4.42 Å². The molecule has 1 aliphatic carbocycles. The second-order valence-corrected chi connectivity index (χ2v) is 8.87. The lowest BCUT2D eigenvalue weighted by molar-refractivity contribution is -0.115. The number of benzene rings is 1. The van der Waals surface area contributed by atoms with Crippen molar-refractivity contribution in [2.24, 2.45) is 0 Å². The number of aryl methyl sites for hydroxylation is 1. The molecule has 0 aliphatic heterocycles. The van der Waals surface area contributed by atoms with Gasteiger partial charge in [0.05, 0.1) is 11.5 Å². The SMILES string of the molecule is Cc1cccc(NC(=O)C(C)Sc2nnc(-c3ccco3)n2C2CCCCC2)c1. The van der Waals surface area contributed by atoms with Crippen LogP contribution < -0.4 is 5.32 Å². The molecule has 6 nitrogen and oxygen atoms in total. The van der Waals surface area contributed by atoms with Crippen LogP contribution in [0.2, 0.25) is 0 Å². The standard InChI is InChI=1S/C22H26N4O2S/c1-15-8-6-9-17(14-15)23-21(27)16(2)29-22-25-24-20(19-12-7-13-28-19)26(22)18-10-4-3-5-11-18/h6-9,12-14,16,18H,3-5,10-11H2,1-2H3,(H,23,27). The molecule has 4 rings (SSSR count). The highest BCUT2D eigenvalue weighted by molar-refractivity contribution is 8.00. The summed E-state index contributed by atoms with van der Waals surface area (Å²) in [7, 11) is 0. The Morgan fingerprint density at radius 2 is 2.03 bits per heavy atom. The number of anilines is 1. The summed E-state index contributed by atoms with van der Waals surface area (Å²) in [5.41, 5.74) is 1.93. The number of nitrogens with one attached hydrogen (secondary N) is 1. The third-order valence-corrected chi connectivity index (χ3v) is 6.34. The molecule has 29 heavy (non-hydrogen) atoms. The molecule has 1 unspecified atom stereocenters. The number of carbonyl (C=O) groups excluding carboxylic acids is 1. The summed E-state index contributed by atoms with van der Waals surface area (Å²) >= 11 is 1.45. The monoisotopic (exact) mass is 410 g/mol. The maximum absolute atomic E-state index is 12.7. The third kappa shape index (κ3) is 4.56. The maximum Gasteiger partial charge on any atom is 0.237 e. The molecule has 1 atom stereocenters. The summed E-state index contributed by atoms with van der Waals surface area (Å²) in [4.78, 5) is 12.7. The molecule has 1 N–H and O–H groups in total. The van der Waals surface area contributed by atoms with Crippen LogP contribution in [0.4, 0.5) is 5.69 Å². The van der Waals surface area contributed by atoms with Crippen LogP contribution in [0.5, 0.6) is 0 Å². The van der Waals surface area contributed by atoms with E-state index in [2.05, 4.69) is 20.1 Å². The van der Waals surface area contributed by atoms with Crippen molar-refractivity contribution in [2.75, 3.05) is 5.32 Å². The minimum absolute atomic E-state index is 0.0432. The van der Waals surface area contributed by atoms with Gasteiger partial charge in [0.25, 0.3) is 0 Å². The van der Waals surface area contributed by atoms with Gasteiger partial charge in [-0.2, -0.15) is 0 Å². The Kier molecular flexibility index (Phi) is 6.04. The number of aromatic nitrogens is 3. The molecule has 1 aromatic carbocycles. The summed E-state index contributed by atoms with van der Waals surface area (Å²) in [5.74, 6) is 1.42. The Hall–Kier alpha value is -2.54. The molecule has 0 radical (unpaired) electrons. The molecule has 0 spiro atoms. The fourth-order valence-electron chi connectivity index (χ4n) is 3.78. The van der Waals surface area contributed by atoms with Crippen molar-refractivity contribution in [3.63, 3.8) is 0 Å². The summed E-state index contributed by atoms with van der Waals surface area (Å²) in [5, 5.41) is 12.3. The van der Waals surface area contributed by atoms with Crippen molar-refractivity contribution in [3.8, 4) is 11.6 Å². The minimum atomic E-state index is -0.300. The van der Waals surface area contributed by atoms with E-state index in [9.17, 15) is 4.79 Å². The maximum atomic E-state index is 12.7. The Bertz CT molecular complexity index is 961. The molecule has 2 aromatic heterocycles. The first-order valence-electron chi connectivity index (χ1n) is 10.1. The number of nitrogens with zero attached hydrogens (tertiary/aromatic N) is 3. The van der Waals surface area contributed by atoms with Crippen LogP contribution >= 0.6 is 11.8 Å². The third-order valence-electron chi connectivity index (χ3n) is 5.28. The van der Waals surface area contributed by atoms with E-state index in [1.54, 1.807) is 6.26 Å². The number of rotatable bonds is 6. The predicted octanol–water partition coefficient (Wildman–Crippen LogP) is 5.47. The fraction of sp³-hybridized carbons (Fsp3) is 0.409. The van der Waals surface area contributed by atoms with Crippen LogP contribution in [0.3, 0.4) is 0 Å². The largest absolute Gasteiger partial charge is 0.461 e. The molecule has 1 aliphatic rings. The molecular weight excluding hydrogens is 384 g/mol. The average molecular weight is 411 g/mol. The molecule has 7 heteroatoms. The van der Waals surface area contributed by atoms with Gasteiger partial charge in [-0.25, -0.2) is 0 Å². The first kappa shape index (κ1) is 19.8. The van der Waals surface area contributed by atoms with Crippen molar-refractivity contribution in [3.05, 3.63) is 48.2 Å². The smallest absolute Gasteiger partial charge is 0.237 e. The van der Waals surface area contributed by atoms with E-state index in [1.807, 2.05) is 50.2 Å². The van der Waals surface area contributed by atoms with Crippen molar-refractivity contribution in [2.45, 2.75) is 62.4 Å². The number of amides is 1. The molecule has 2 heterocycles. The van der Waals surface area contributed by atoms with Gasteiger partial charge >= 0.3 is 0 Å².